The van der Waals surface area contributed by atoms with E-state index in [9.17, 15) is 14.4 Å². The van der Waals surface area contributed by atoms with Crippen molar-refractivity contribution in [1.29, 1.82) is 0 Å². The van der Waals surface area contributed by atoms with Crippen LogP contribution in [0.4, 0.5) is 0 Å². The van der Waals surface area contributed by atoms with Crippen LogP contribution in [0.2, 0.25) is 5.02 Å². The summed E-state index contributed by atoms with van der Waals surface area (Å²) in [6, 6.07) is 11.5. The Bertz CT molecular complexity index is 1220. The predicted molar refractivity (Wildman–Crippen MR) is 157 cm³/mol. The first kappa shape index (κ1) is 28.4. The van der Waals surface area contributed by atoms with E-state index < -0.39 is 6.04 Å². The van der Waals surface area contributed by atoms with Gasteiger partial charge in [-0.2, -0.15) is 0 Å². The third kappa shape index (κ3) is 6.44. The largest absolute Gasteiger partial charge is 0.324 e. The van der Waals surface area contributed by atoms with Crippen molar-refractivity contribution < 1.29 is 14.4 Å². The topological polar surface area (TPSA) is 66.5 Å². The number of aldehydes is 2. The summed E-state index contributed by atoms with van der Waals surface area (Å²) in [4.78, 5) is 38.0. The van der Waals surface area contributed by atoms with Crippen LogP contribution in [0, 0.1) is 17.8 Å². The fraction of sp³-hybridized carbons (Fsp3) is 0.531. The molecule has 0 saturated heterocycles. The summed E-state index contributed by atoms with van der Waals surface area (Å²) in [6.07, 6.45) is 8.84. The van der Waals surface area contributed by atoms with E-state index in [4.69, 9.17) is 11.6 Å². The Morgan fingerprint density at radius 3 is 2.62 bits per heavy atom. The number of nitrogens with zero attached hydrogens (tertiary/aromatic N) is 1. The van der Waals surface area contributed by atoms with Crippen molar-refractivity contribution in [2.24, 2.45) is 17.8 Å². The average molecular weight is 567 g/mol. The minimum atomic E-state index is -0.577. The van der Waals surface area contributed by atoms with Gasteiger partial charge in [-0.1, -0.05) is 36.7 Å². The number of carbonyl (C=O) groups is 3. The lowest BCUT2D eigenvalue weighted by Crippen LogP contribution is -2.50. The van der Waals surface area contributed by atoms with E-state index in [1.54, 1.807) is 16.7 Å². The number of nitrogens with one attached hydrogen (secondary N) is 1. The Morgan fingerprint density at radius 2 is 1.92 bits per heavy atom. The quantitative estimate of drug-likeness (QED) is 0.238. The summed E-state index contributed by atoms with van der Waals surface area (Å²) in [6.45, 7) is 5.98. The monoisotopic (exact) mass is 566 g/mol. The number of thioether (sulfide) groups is 1. The number of hydrogen-bond acceptors (Lipinski definition) is 5. The maximum Gasteiger partial charge on any atom is 0.255 e. The molecule has 3 unspecified atom stereocenters. The maximum atomic E-state index is 13.0. The first-order chi connectivity index (χ1) is 18.8. The minimum Gasteiger partial charge on any atom is -0.324 e. The number of rotatable bonds is 11. The van der Waals surface area contributed by atoms with Crippen molar-refractivity contribution in [3.8, 4) is 0 Å². The van der Waals surface area contributed by atoms with Gasteiger partial charge in [0.25, 0.3) is 5.91 Å². The van der Waals surface area contributed by atoms with Crippen LogP contribution in [-0.2, 0) is 28.4 Å². The molecule has 2 aromatic rings. The molecule has 3 aliphatic rings. The molecule has 2 aliphatic carbocycles. The molecular formula is C32H39ClN2O3S. The van der Waals surface area contributed by atoms with E-state index in [-0.39, 0.29) is 17.9 Å². The van der Waals surface area contributed by atoms with Gasteiger partial charge in [0.1, 0.15) is 12.6 Å². The van der Waals surface area contributed by atoms with Gasteiger partial charge in [0.2, 0.25) is 0 Å². The van der Waals surface area contributed by atoms with Crippen LogP contribution >= 0.6 is 23.4 Å². The summed E-state index contributed by atoms with van der Waals surface area (Å²) in [5.41, 5.74) is 4.05. The van der Waals surface area contributed by atoms with Gasteiger partial charge in [0, 0.05) is 46.3 Å². The number of halogens is 1. The first-order valence-electron chi connectivity index (χ1n) is 14.3. The summed E-state index contributed by atoms with van der Waals surface area (Å²) in [5, 5.41) is 4.66. The molecule has 1 aliphatic heterocycles. The molecule has 2 bridgehead atoms. The number of carbonyl (C=O) groups excluding carboxylic acids is 3. The first-order valence-corrected chi connectivity index (χ1v) is 15.6. The summed E-state index contributed by atoms with van der Waals surface area (Å²) in [5.74, 6) is 3.17. The zero-order valence-electron chi connectivity index (χ0n) is 23.0. The van der Waals surface area contributed by atoms with Crippen molar-refractivity contribution in [2.75, 3.05) is 0 Å². The highest BCUT2D eigenvalue weighted by molar-refractivity contribution is 7.98. The molecule has 0 aromatic heterocycles. The van der Waals surface area contributed by atoms with Crippen molar-refractivity contribution in [3.05, 3.63) is 63.7 Å². The summed E-state index contributed by atoms with van der Waals surface area (Å²) in [7, 11) is 0. The molecule has 2 aromatic carbocycles. The van der Waals surface area contributed by atoms with Gasteiger partial charge < -0.3 is 19.8 Å². The second kappa shape index (κ2) is 12.2. The highest BCUT2D eigenvalue weighted by atomic mass is 35.5. The van der Waals surface area contributed by atoms with Gasteiger partial charge in [0.15, 0.2) is 0 Å². The number of benzene rings is 2. The molecule has 5 rings (SSSR count). The van der Waals surface area contributed by atoms with Crippen LogP contribution in [0.15, 0.2) is 41.3 Å². The molecular weight excluding hydrogens is 528 g/mol. The van der Waals surface area contributed by atoms with E-state index >= 15 is 0 Å². The lowest BCUT2D eigenvalue weighted by Gasteiger charge is -2.47. The zero-order chi connectivity index (χ0) is 27.6. The number of fused-ring (bicyclic) bond motifs is 3. The lowest BCUT2D eigenvalue weighted by molar-refractivity contribution is -0.112. The predicted octanol–water partition coefficient (Wildman–Crippen LogP) is 6.83. The smallest absolute Gasteiger partial charge is 0.255 e. The standard InChI is InChI=1S/C32H39ClN2O3S/c1-21-11-23-13-24(12-21)16-32(2,15-23)34-17-25-9-8-22(14-29(25)33)20-39-30-7-3-6-27-28(30)18-35(31(27)38)26(19-37)5-4-10-36/h3,6-10,14,19,21,23-24,26,34H,4-5,11-13,15-18,20H2,1-2H3. The molecule has 1 amide bonds. The molecule has 1 N–H and O–H groups in total. The van der Waals surface area contributed by atoms with E-state index in [2.05, 4.69) is 37.4 Å². The van der Waals surface area contributed by atoms with Gasteiger partial charge in [-0.05, 0) is 98.1 Å². The Labute approximate surface area is 241 Å². The summed E-state index contributed by atoms with van der Waals surface area (Å²) < 4.78 is 0. The highest BCUT2D eigenvalue weighted by Crippen LogP contribution is 2.46. The van der Waals surface area contributed by atoms with Crippen LogP contribution < -0.4 is 5.32 Å². The second-order valence-corrected chi connectivity index (χ2v) is 13.7. The van der Waals surface area contributed by atoms with Crippen LogP contribution in [0.3, 0.4) is 0 Å². The Morgan fingerprint density at radius 1 is 1.15 bits per heavy atom. The second-order valence-electron chi connectivity index (χ2n) is 12.2. The van der Waals surface area contributed by atoms with Gasteiger partial charge in [-0.25, -0.2) is 0 Å². The molecule has 1 heterocycles. The minimum absolute atomic E-state index is 0.139. The molecule has 0 spiro atoms. The van der Waals surface area contributed by atoms with Gasteiger partial charge in [-0.3, -0.25) is 4.79 Å². The molecule has 3 atom stereocenters. The van der Waals surface area contributed by atoms with E-state index in [0.29, 0.717) is 18.5 Å². The van der Waals surface area contributed by atoms with E-state index in [1.165, 1.54) is 32.1 Å². The fourth-order valence-electron chi connectivity index (χ4n) is 7.29. The summed E-state index contributed by atoms with van der Waals surface area (Å²) >= 11 is 8.44. The zero-order valence-corrected chi connectivity index (χ0v) is 24.5. The Hall–Kier alpha value is -2.15. The van der Waals surface area contributed by atoms with E-state index in [1.807, 2.05) is 18.2 Å². The van der Waals surface area contributed by atoms with E-state index in [0.717, 1.165) is 69.2 Å². The molecule has 0 radical (unpaired) electrons. The van der Waals surface area contributed by atoms with Crippen molar-refractivity contribution >= 4 is 41.8 Å². The Balaban J connectivity index is 1.20. The van der Waals surface area contributed by atoms with Crippen LogP contribution in [0.5, 0.6) is 0 Å². The van der Waals surface area contributed by atoms with Crippen LogP contribution in [0.1, 0.15) is 85.8 Å². The maximum absolute atomic E-state index is 13.0. The average Bonchev–Trinajstić information content (AvgIpc) is 3.23. The van der Waals surface area contributed by atoms with Gasteiger partial charge >= 0.3 is 0 Å². The molecule has 208 valence electrons. The normalized spacial score (nSPS) is 26.8. The van der Waals surface area contributed by atoms with Crippen molar-refractivity contribution in [2.45, 2.75) is 94.1 Å². The molecule has 2 fully saturated rings. The highest BCUT2D eigenvalue weighted by Gasteiger charge is 2.40. The number of hydrogen-bond donors (Lipinski definition) is 1. The van der Waals surface area contributed by atoms with Gasteiger partial charge in [-0.15, -0.1) is 11.8 Å². The lowest BCUT2D eigenvalue weighted by atomic mass is 9.62. The van der Waals surface area contributed by atoms with Crippen LogP contribution in [0.25, 0.3) is 0 Å². The Kier molecular flexibility index (Phi) is 8.85. The molecule has 5 nitrogen and oxygen atoms in total. The van der Waals surface area contributed by atoms with Crippen molar-refractivity contribution in [3.63, 3.8) is 0 Å². The van der Waals surface area contributed by atoms with Gasteiger partial charge in [0.05, 0.1) is 6.04 Å². The molecule has 2 saturated carbocycles. The number of amides is 1. The third-order valence-electron chi connectivity index (χ3n) is 8.92. The van der Waals surface area contributed by atoms with Crippen LogP contribution in [-0.4, -0.2) is 35.0 Å². The van der Waals surface area contributed by atoms with Crippen molar-refractivity contribution in [1.82, 2.24) is 10.2 Å². The molecule has 39 heavy (non-hydrogen) atoms. The third-order valence-corrected chi connectivity index (χ3v) is 10.4. The molecule has 7 heteroatoms. The fourth-order valence-corrected chi connectivity index (χ4v) is 8.59. The SMILES string of the molecule is CC1CC2CC(C1)CC(C)(NCc1ccc(CSc3cccc4c3CN(C(C=O)CCC=O)C4=O)cc1Cl)C2.